The van der Waals surface area contributed by atoms with Crippen molar-refractivity contribution in [1.82, 2.24) is 0 Å². The van der Waals surface area contributed by atoms with Crippen molar-refractivity contribution in [3.05, 3.63) is 0 Å². The number of aldehydes is 1. The third-order valence-electron chi connectivity index (χ3n) is 0.340. The lowest BCUT2D eigenvalue weighted by molar-refractivity contribution is -0.128. The van der Waals surface area contributed by atoms with Crippen LogP contribution in [0.1, 0.15) is 0 Å². The predicted molar refractivity (Wildman–Crippen MR) is 26.9 cm³/mol. The normalized spacial score (nSPS) is 7.50. The molecule has 0 unspecified atom stereocenters. The van der Waals surface area contributed by atoms with E-state index in [4.69, 9.17) is 11.5 Å². The molecular formula is C3H5N3O2. The van der Waals surface area contributed by atoms with E-state index in [1.54, 1.807) is 0 Å². The van der Waals surface area contributed by atoms with Crippen molar-refractivity contribution in [2.75, 3.05) is 0 Å². The molecule has 0 spiro atoms. The molecule has 8 heavy (non-hydrogen) atoms. The highest BCUT2D eigenvalue weighted by Gasteiger charge is 1.91. The molecular weight excluding hydrogens is 110 g/mol. The van der Waals surface area contributed by atoms with Crippen LogP contribution in [-0.4, -0.2) is 18.2 Å². The van der Waals surface area contributed by atoms with E-state index in [0.717, 1.165) is 0 Å². The molecule has 0 saturated carbocycles. The van der Waals surface area contributed by atoms with Gasteiger partial charge in [-0.25, -0.2) is 0 Å². The number of carbonyl (C=O) groups is 2. The van der Waals surface area contributed by atoms with Gasteiger partial charge >= 0.3 is 5.91 Å². The zero-order valence-electron chi connectivity index (χ0n) is 4.00. The van der Waals surface area contributed by atoms with Crippen LogP contribution in [0.2, 0.25) is 0 Å². The van der Waals surface area contributed by atoms with Gasteiger partial charge in [0.1, 0.15) is 0 Å². The molecule has 5 nitrogen and oxygen atoms in total. The van der Waals surface area contributed by atoms with Gasteiger partial charge in [0.05, 0.1) is 0 Å². The van der Waals surface area contributed by atoms with Crippen molar-refractivity contribution in [3.63, 3.8) is 0 Å². The Kier molecular flexibility index (Phi) is 2.25. The van der Waals surface area contributed by atoms with Gasteiger partial charge in [0.2, 0.25) is 6.29 Å². The minimum Gasteiger partial charge on any atom is -0.370 e. The molecule has 0 atom stereocenters. The van der Waals surface area contributed by atoms with Crippen molar-refractivity contribution < 1.29 is 9.59 Å². The fraction of sp³-hybridized carbons (Fsp3) is 0. The summed E-state index contributed by atoms with van der Waals surface area (Å²) in [4.78, 5) is 22.2. The number of carbonyl (C=O) groups excluding carboxylic acids is 2. The summed E-state index contributed by atoms with van der Waals surface area (Å²) in [5, 5.41) is 0. The molecule has 0 aliphatic rings. The summed E-state index contributed by atoms with van der Waals surface area (Å²) in [5.41, 5.74) is 9.43. The SMILES string of the molecule is NC(N)=NC(=O)C=O. The molecule has 0 fully saturated rings. The second kappa shape index (κ2) is 2.73. The number of guanidine groups is 1. The van der Waals surface area contributed by atoms with Gasteiger partial charge in [0.15, 0.2) is 5.96 Å². The van der Waals surface area contributed by atoms with Gasteiger partial charge in [0.25, 0.3) is 0 Å². The average molecular weight is 115 g/mol. The summed E-state index contributed by atoms with van der Waals surface area (Å²) < 4.78 is 0. The van der Waals surface area contributed by atoms with Gasteiger partial charge in [-0.05, 0) is 0 Å². The molecule has 0 saturated heterocycles. The first-order valence-corrected chi connectivity index (χ1v) is 1.75. The van der Waals surface area contributed by atoms with Crippen molar-refractivity contribution in [2.45, 2.75) is 0 Å². The highest BCUT2D eigenvalue weighted by atomic mass is 16.2. The molecule has 0 aliphatic carbocycles. The van der Waals surface area contributed by atoms with Crippen molar-refractivity contribution in [3.8, 4) is 0 Å². The van der Waals surface area contributed by atoms with Gasteiger partial charge in [-0.3, -0.25) is 9.59 Å². The third kappa shape index (κ3) is 2.83. The zero-order chi connectivity index (χ0) is 6.57. The summed E-state index contributed by atoms with van der Waals surface area (Å²) in [5.74, 6) is -1.37. The Balaban J connectivity index is 3.89. The molecule has 0 aromatic carbocycles. The maximum absolute atomic E-state index is 9.91. The monoisotopic (exact) mass is 115 g/mol. The second-order valence-corrected chi connectivity index (χ2v) is 0.993. The number of nitrogens with two attached hydrogens (primary N) is 2. The van der Waals surface area contributed by atoms with E-state index < -0.39 is 11.9 Å². The molecule has 4 N–H and O–H groups in total. The predicted octanol–water partition coefficient (Wildman–Crippen LogP) is -2.01. The average Bonchev–Trinajstić information content (AvgIpc) is 1.65. The van der Waals surface area contributed by atoms with E-state index in [0.29, 0.717) is 0 Å². The largest absolute Gasteiger partial charge is 0.370 e. The molecule has 0 rings (SSSR count). The first kappa shape index (κ1) is 6.61. The lowest BCUT2D eigenvalue weighted by atomic mass is 10.7. The summed E-state index contributed by atoms with van der Waals surface area (Å²) >= 11 is 0. The maximum atomic E-state index is 9.91. The zero-order valence-corrected chi connectivity index (χ0v) is 4.00. The molecule has 0 aromatic rings. The molecule has 0 bridgehead atoms. The maximum Gasteiger partial charge on any atom is 0.312 e. The quantitative estimate of drug-likeness (QED) is 0.178. The molecule has 0 heterocycles. The molecule has 0 aromatic heterocycles. The summed E-state index contributed by atoms with van der Waals surface area (Å²) in [6.07, 6.45) is 0.0275. The summed E-state index contributed by atoms with van der Waals surface area (Å²) in [6, 6.07) is 0. The van der Waals surface area contributed by atoms with Gasteiger partial charge in [-0.2, -0.15) is 4.99 Å². The lowest BCUT2D eigenvalue weighted by Crippen LogP contribution is -2.24. The first-order valence-electron chi connectivity index (χ1n) is 1.75. The van der Waals surface area contributed by atoms with E-state index in [9.17, 15) is 9.59 Å². The van der Waals surface area contributed by atoms with Crippen molar-refractivity contribution >= 4 is 18.2 Å². The van der Waals surface area contributed by atoms with Gasteiger partial charge < -0.3 is 11.5 Å². The first-order chi connectivity index (χ1) is 3.66. The van der Waals surface area contributed by atoms with Crippen molar-refractivity contribution in [2.24, 2.45) is 16.5 Å². The van der Waals surface area contributed by atoms with Crippen LogP contribution in [0, 0.1) is 0 Å². The number of hydrogen-bond donors (Lipinski definition) is 2. The number of hydrogen-bond acceptors (Lipinski definition) is 2. The van der Waals surface area contributed by atoms with Gasteiger partial charge in [0, 0.05) is 0 Å². The van der Waals surface area contributed by atoms with Gasteiger partial charge in [-0.15, -0.1) is 0 Å². The fourth-order valence-corrected chi connectivity index (χ4v) is 0.154. The van der Waals surface area contributed by atoms with Crippen LogP contribution in [0.25, 0.3) is 0 Å². The smallest absolute Gasteiger partial charge is 0.312 e. The minimum absolute atomic E-state index is 0.0275. The molecule has 1 amide bonds. The van der Waals surface area contributed by atoms with Crippen LogP contribution in [0.5, 0.6) is 0 Å². The molecule has 0 radical (unpaired) electrons. The highest BCUT2D eigenvalue weighted by molar-refractivity contribution is 6.26. The third-order valence-corrected chi connectivity index (χ3v) is 0.340. The number of nitrogens with zero attached hydrogens (tertiary/aromatic N) is 1. The van der Waals surface area contributed by atoms with Crippen molar-refractivity contribution in [1.29, 1.82) is 0 Å². The van der Waals surface area contributed by atoms with Crippen LogP contribution in [0.3, 0.4) is 0 Å². The Morgan fingerprint density at radius 3 is 2.12 bits per heavy atom. The summed E-state index contributed by atoms with van der Waals surface area (Å²) in [7, 11) is 0. The standard InChI is InChI=1S/C3H5N3O2/c4-3(5)6-2(8)1-7/h1H,(H4,4,5,6,8). The van der Waals surface area contributed by atoms with E-state index in [2.05, 4.69) is 4.99 Å². The molecule has 0 aliphatic heterocycles. The Bertz CT molecular complexity index is 135. The number of rotatable bonds is 1. The van der Waals surface area contributed by atoms with E-state index in [1.165, 1.54) is 0 Å². The Labute approximate surface area is 45.4 Å². The number of amides is 1. The highest BCUT2D eigenvalue weighted by Crippen LogP contribution is 1.62. The fourth-order valence-electron chi connectivity index (χ4n) is 0.154. The van der Waals surface area contributed by atoms with Gasteiger partial charge in [-0.1, -0.05) is 0 Å². The lowest BCUT2D eigenvalue weighted by Gasteiger charge is -1.81. The van der Waals surface area contributed by atoms with E-state index in [1.807, 2.05) is 0 Å². The van der Waals surface area contributed by atoms with E-state index >= 15 is 0 Å². The Morgan fingerprint density at radius 2 is 2.00 bits per heavy atom. The Hall–Kier alpha value is -1.39. The summed E-state index contributed by atoms with van der Waals surface area (Å²) in [6.45, 7) is 0. The topological polar surface area (TPSA) is 98.5 Å². The molecule has 5 heteroatoms. The van der Waals surface area contributed by atoms with Crippen LogP contribution < -0.4 is 11.5 Å². The van der Waals surface area contributed by atoms with Crippen LogP contribution in [0.4, 0.5) is 0 Å². The Morgan fingerprint density at radius 1 is 1.50 bits per heavy atom. The number of aliphatic imine (C=N–C) groups is 1. The van der Waals surface area contributed by atoms with E-state index in [-0.39, 0.29) is 6.29 Å². The van der Waals surface area contributed by atoms with Crippen LogP contribution in [0.15, 0.2) is 4.99 Å². The van der Waals surface area contributed by atoms with Crippen LogP contribution >= 0.6 is 0 Å². The second-order valence-electron chi connectivity index (χ2n) is 0.993. The molecule has 44 valence electrons. The van der Waals surface area contributed by atoms with Crippen LogP contribution in [-0.2, 0) is 9.59 Å². The minimum atomic E-state index is -0.968.